The van der Waals surface area contributed by atoms with Crippen LogP contribution in [0, 0.1) is 30.6 Å². The van der Waals surface area contributed by atoms with E-state index in [0.29, 0.717) is 0 Å². The summed E-state index contributed by atoms with van der Waals surface area (Å²) in [6.45, 7) is 4.60. The number of benzene rings is 2. The molecule has 0 saturated heterocycles. The molecule has 2 aromatic rings. The Morgan fingerprint density at radius 3 is 2.04 bits per heavy atom. The van der Waals surface area contributed by atoms with Gasteiger partial charge in [0, 0.05) is 0 Å². The lowest BCUT2D eigenvalue weighted by Crippen LogP contribution is -2.31. The van der Waals surface area contributed by atoms with Gasteiger partial charge < -0.3 is 0 Å². The van der Waals surface area contributed by atoms with Crippen LogP contribution in [0.3, 0.4) is 0 Å². The van der Waals surface area contributed by atoms with E-state index in [2.05, 4.69) is 62.4 Å². The Balaban J connectivity index is 1.37. The SMILES string of the molecule is Cc1ccc(-c2ccc(CC3CCC4CC(C)CCC4C3)cc2)cc1. The predicted molar refractivity (Wildman–Crippen MR) is 108 cm³/mol. The quantitative estimate of drug-likeness (QED) is 0.564. The van der Waals surface area contributed by atoms with Crippen LogP contribution in [0.25, 0.3) is 11.1 Å². The van der Waals surface area contributed by atoms with Crippen molar-refractivity contribution in [2.45, 2.75) is 58.8 Å². The zero-order valence-corrected chi connectivity index (χ0v) is 15.9. The van der Waals surface area contributed by atoms with E-state index in [-0.39, 0.29) is 0 Å². The van der Waals surface area contributed by atoms with Crippen molar-refractivity contribution in [3.8, 4) is 11.1 Å². The lowest BCUT2D eigenvalue weighted by atomic mass is 9.64. The number of fused-ring (bicyclic) bond motifs is 1. The Bertz CT molecular complexity index is 679. The fourth-order valence-electron chi connectivity index (χ4n) is 5.32. The maximum atomic E-state index is 2.46. The van der Waals surface area contributed by atoms with Crippen LogP contribution in [0.5, 0.6) is 0 Å². The predicted octanol–water partition coefficient (Wildman–Crippen LogP) is 7.06. The van der Waals surface area contributed by atoms with Crippen molar-refractivity contribution in [2.24, 2.45) is 23.7 Å². The molecule has 0 amide bonds. The Kier molecular flexibility index (Phi) is 4.97. The van der Waals surface area contributed by atoms with Gasteiger partial charge in [-0.05, 0) is 85.8 Å². The smallest absolute Gasteiger partial charge is 0.0184 e. The summed E-state index contributed by atoms with van der Waals surface area (Å²) in [6.07, 6.45) is 10.2. The van der Waals surface area contributed by atoms with Crippen molar-refractivity contribution in [1.29, 1.82) is 0 Å². The minimum atomic E-state index is 0.917. The van der Waals surface area contributed by atoms with E-state index in [0.717, 1.165) is 23.7 Å². The first-order chi connectivity index (χ1) is 12.2. The third kappa shape index (κ3) is 4.00. The topological polar surface area (TPSA) is 0 Å². The maximum Gasteiger partial charge on any atom is -0.0184 e. The molecule has 0 aromatic heterocycles. The largest absolute Gasteiger partial charge is 0.0625 e. The first-order valence-corrected chi connectivity index (χ1v) is 10.3. The second-order valence-corrected chi connectivity index (χ2v) is 8.88. The molecule has 0 N–H and O–H groups in total. The second kappa shape index (κ2) is 7.36. The highest BCUT2D eigenvalue weighted by atomic mass is 14.4. The van der Waals surface area contributed by atoms with Crippen molar-refractivity contribution >= 4 is 0 Å². The highest BCUT2D eigenvalue weighted by Gasteiger charge is 2.34. The second-order valence-electron chi connectivity index (χ2n) is 8.88. The van der Waals surface area contributed by atoms with E-state index in [9.17, 15) is 0 Å². The van der Waals surface area contributed by atoms with Gasteiger partial charge in [-0.25, -0.2) is 0 Å². The third-order valence-electron chi connectivity index (χ3n) is 6.85. The average molecular weight is 333 g/mol. The molecule has 0 heteroatoms. The number of aryl methyl sites for hydroxylation is 1. The molecule has 4 rings (SSSR count). The summed E-state index contributed by atoms with van der Waals surface area (Å²) in [5.74, 6) is 3.97. The van der Waals surface area contributed by atoms with Crippen LogP contribution in [0.4, 0.5) is 0 Å². The lowest BCUT2D eigenvalue weighted by molar-refractivity contribution is 0.104. The molecular formula is C25H32. The van der Waals surface area contributed by atoms with E-state index in [4.69, 9.17) is 0 Å². The van der Waals surface area contributed by atoms with Gasteiger partial charge in [-0.15, -0.1) is 0 Å². The van der Waals surface area contributed by atoms with Crippen molar-refractivity contribution in [3.63, 3.8) is 0 Å². The molecular weight excluding hydrogens is 300 g/mol. The van der Waals surface area contributed by atoms with Gasteiger partial charge in [0.1, 0.15) is 0 Å². The summed E-state index contributed by atoms with van der Waals surface area (Å²) < 4.78 is 0. The normalized spacial score (nSPS) is 29.2. The van der Waals surface area contributed by atoms with E-state index >= 15 is 0 Å². The van der Waals surface area contributed by atoms with E-state index in [1.165, 1.54) is 67.2 Å². The Morgan fingerprint density at radius 1 is 0.720 bits per heavy atom. The fraction of sp³-hybridized carbons (Fsp3) is 0.520. The molecule has 2 fully saturated rings. The van der Waals surface area contributed by atoms with Crippen LogP contribution in [0.15, 0.2) is 48.5 Å². The number of hydrogen-bond acceptors (Lipinski definition) is 0. The number of rotatable bonds is 3. The molecule has 2 aliphatic carbocycles. The minimum Gasteiger partial charge on any atom is -0.0625 e. The van der Waals surface area contributed by atoms with Gasteiger partial charge in [0.25, 0.3) is 0 Å². The molecule has 25 heavy (non-hydrogen) atoms. The summed E-state index contributed by atoms with van der Waals surface area (Å²) >= 11 is 0. The molecule has 0 nitrogen and oxygen atoms in total. The van der Waals surface area contributed by atoms with Gasteiger partial charge in [0.2, 0.25) is 0 Å². The summed E-state index contributed by atoms with van der Waals surface area (Å²) in [5, 5.41) is 0. The Morgan fingerprint density at radius 2 is 1.32 bits per heavy atom. The fourth-order valence-corrected chi connectivity index (χ4v) is 5.32. The van der Waals surface area contributed by atoms with Crippen LogP contribution in [0.1, 0.15) is 56.6 Å². The van der Waals surface area contributed by atoms with Crippen LogP contribution in [0.2, 0.25) is 0 Å². The van der Waals surface area contributed by atoms with Gasteiger partial charge in [0.15, 0.2) is 0 Å². The average Bonchev–Trinajstić information content (AvgIpc) is 2.63. The van der Waals surface area contributed by atoms with E-state index < -0.39 is 0 Å². The number of hydrogen-bond donors (Lipinski definition) is 0. The maximum absolute atomic E-state index is 2.46. The van der Waals surface area contributed by atoms with Gasteiger partial charge in [-0.2, -0.15) is 0 Å². The summed E-state index contributed by atoms with van der Waals surface area (Å²) in [7, 11) is 0. The van der Waals surface area contributed by atoms with E-state index in [1.54, 1.807) is 0 Å². The zero-order chi connectivity index (χ0) is 17.2. The molecule has 132 valence electrons. The van der Waals surface area contributed by atoms with Crippen molar-refractivity contribution < 1.29 is 0 Å². The molecule has 2 aromatic carbocycles. The molecule has 4 atom stereocenters. The first kappa shape index (κ1) is 16.9. The van der Waals surface area contributed by atoms with Crippen LogP contribution < -0.4 is 0 Å². The molecule has 0 bridgehead atoms. The Labute approximate surface area is 153 Å². The first-order valence-electron chi connectivity index (χ1n) is 10.3. The minimum absolute atomic E-state index is 0.917. The molecule has 2 aliphatic rings. The van der Waals surface area contributed by atoms with E-state index in [1.807, 2.05) is 0 Å². The van der Waals surface area contributed by atoms with Crippen LogP contribution in [-0.2, 0) is 6.42 Å². The molecule has 0 spiro atoms. The van der Waals surface area contributed by atoms with Gasteiger partial charge in [-0.1, -0.05) is 67.4 Å². The third-order valence-corrected chi connectivity index (χ3v) is 6.85. The zero-order valence-electron chi connectivity index (χ0n) is 15.9. The molecule has 2 saturated carbocycles. The van der Waals surface area contributed by atoms with Gasteiger partial charge >= 0.3 is 0 Å². The summed E-state index contributed by atoms with van der Waals surface area (Å²) in [4.78, 5) is 0. The highest BCUT2D eigenvalue weighted by molar-refractivity contribution is 5.63. The van der Waals surface area contributed by atoms with Crippen molar-refractivity contribution in [3.05, 3.63) is 59.7 Å². The molecule has 0 aliphatic heterocycles. The van der Waals surface area contributed by atoms with Crippen LogP contribution in [-0.4, -0.2) is 0 Å². The standard InChI is InChI=1S/C25H32/c1-18-3-9-22(10-4-18)23-12-6-20(7-13-23)16-21-8-14-24-15-19(2)5-11-25(24)17-21/h3-4,6-7,9-10,12-13,19,21,24-25H,5,8,11,14-17H2,1-2H3. The van der Waals surface area contributed by atoms with Gasteiger partial charge in [0.05, 0.1) is 0 Å². The van der Waals surface area contributed by atoms with Crippen molar-refractivity contribution in [1.82, 2.24) is 0 Å². The lowest BCUT2D eigenvalue weighted by Gasteiger charge is -2.41. The molecule has 0 heterocycles. The van der Waals surface area contributed by atoms with Crippen molar-refractivity contribution in [2.75, 3.05) is 0 Å². The molecule has 4 unspecified atom stereocenters. The van der Waals surface area contributed by atoms with Gasteiger partial charge in [-0.3, -0.25) is 0 Å². The summed E-state index contributed by atoms with van der Waals surface area (Å²) in [6, 6.07) is 18.2. The highest BCUT2D eigenvalue weighted by Crippen LogP contribution is 2.45. The van der Waals surface area contributed by atoms with Crippen LogP contribution >= 0.6 is 0 Å². The summed E-state index contributed by atoms with van der Waals surface area (Å²) in [5.41, 5.74) is 5.53. The monoisotopic (exact) mass is 332 g/mol. The molecule has 0 radical (unpaired) electrons. The Hall–Kier alpha value is -1.56.